The minimum absolute atomic E-state index is 0.170. The lowest BCUT2D eigenvalue weighted by atomic mass is 10.1. The molecule has 6 heteroatoms. The van der Waals surface area contributed by atoms with Crippen LogP contribution in [0.4, 0.5) is 0 Å². The number of hydrogen-bond acceptors (Lipinski definition) is 4. The molecule has 0 bridgehead atoms. The molecule has 1 fully saturated rings. The standard InChI is InChI=1S/C20H23N5O/c1-14-19-22-11-18(12-23-20(26)17-5-6-17)25(19)8-7-24(14)13-16-4-2-3-15(9-16)10-21/h2-4,9,11,14,17H,5-8,12-13H2,1H3,(H,23,26). The van der Waals surface area contributed by atoms with E-state index < -0.39 is 0 Å². The summed E-state index contributed by atoms with van der Waals surface area (Å²) in [5, 5.41) is 12.1. The van der Waals surface area contributed by atoms with E-state index in [4.69, 9.17) is 5.26 Å². The average Bonchev–Trinajstić information content (AvgIpc) is 3.43. The second-order valence-electron chi connectivity index (χ2n) is 7.21. The summed E-state index contributed by atoms with van der Waals surface area (Å²) in [4.78, 5) is 18.9. The summed E-state index contributed by atoms with van der Waals surface area (Å²) in [6, 6.07) is 10.2. The Balaban J connectivity index is 1.44. The minimum Gasteiger partial charge on any atom is -0.350 e. The molecule has 1 saturated carbocycles. The highest BCUT2D eigenvalue weighted by Gasteiger charge is 2.30. The van der Waals surface area contributed by atoms with Gasteiger partial charge in [-0.15, -0.1) is 0 Å². The van der Waals surface area contributed by atoms with Crippen molar-refractivity contribution in [3.8, 4) is 6.07 Å². The van der Waals surface area contributed by atoms with Gasteiger partial charge < -0.3 is 9.88 Å². The van der Waals surface area contributed by atoms with E-state index in [0.717, 1.165) is 49.6 Å². The van der Waals surface area contributed by atoms with Crippen molar-refractivity contribution < 1.29 is 4.79 Å². The molecule has 0 saturated heterocycles. The van der Waals surface area contributed by atoms with Gasteiger partial charge in [-0.1, -0.05) is 12.1 Å². The summed E-state index contributed by atoms with van der Waals surface area (Å²) in [7, 11) is 0. The predicted octanol–water partition coefficient (Wildman–Crippen LogP) is 2.36. The molecular weight excluding hydrogens is 326 g/mol. The Morgan fingerprint density at radius 2 is 2.23 bits per heavy atom. The van der Waals surface area contributed by atoms with Crippen LogP contribution in [0.3, 0.4) is 0 Å². The van der Waals surface area contributed by atoms with Crippen molar-refractivity contribution >= 4 is 5.91 Å². The van der Waals surface area contributed by atoms with Crippen LogP contribution in [0.2, 0.25) is 0 Å². The van der Waals surface area contributed by atoms with Gasteiger partial charge in [-0.05, 0) is 37.5 Å². The van der Waals surface area contributed by atoms with Gasteiger partial charge in [0.05, 0.1) is 36.1 Å². The smallest absolute Gasteiger partial charge is 0.223 e. The maximum absolute atomic E-state index is 11.9. The summed E-state index contributed by atoms with van der Waals surface area (Å²) in [6.07, 6.45) is 3.93. The average molecular weight is 349 g/mol. The largest absolute Gasteiger partial charge is 0.350 e. The SMILES string of the molecule is CC1c2ncc(CNC(=O)C3CC3)n2CCN1Cc1cccc(C#N)c1. The number of nitriles is 1. The van der Waals surface area contributed by atoms with E-state index >= 15 is 0 Å². The van der Waals surface area contributed by atoms with Gasteiger partial charge in [0, 0.05) is 25.6 Å². The van der Waals surface area contributed by atoms with Crippen LogP contribution in [0.25, 0.3) is 0 Å². The van der Waals surface area contributed by atoms with Gasteiger partial charge in [-0.3, -0.25) is 9.69 Å². The molecule has 1 amide bonds. The minimum atomic E-state index is 0.170. The third-order valence-electron chi connectivity index (χ3n) is 5.33. The Morgan fingerprint density at radius 3 is 3.00 bits per heavy atom. The molecule has 4 rings (SSSR count). The van der Waals surface area contributed by atoms with Gasteiger partial charge in [0.2, 0.25) is 5.91 Å². The summed E-state index contributed by atoms with van der Waals surface area (Å²) in [5.41, 5.74) is 2.92. The molecule has 2 aliphatic rings. The van der Waals surface area contributed by atoms with Crippen molar-refractivity contribution in [2.75, 3.05) is 6.54 Å². The second kappa shape index (κ2) is 6.93. The molecule has 0 radical (unpaired) electrons. The van der Waals surface area contributed by atoms with Crippen molar-refractivity contribution in [1.82, 2.24) is 19.8 Å². The lowest BCUT2D eigenvalue weighted by Gasteiger charge is -2.34. The first-order valence-electron chi connectivity index (χ1n) is 9.21. The number of fused-ring (bicyclic) bond motifs is 1. The molecule has 1 unspecified atom stereocenters. The predicted molar refractivity (Wildman–Crippen MR) is 96.8 cm³/mol. The summed E-state index contributed by atoms with van der Waals surface area (Å²) < 4.78 is 2.24. The fourth-order valence-corrected chi connectivity index (χ4v) is 3.60. The number of nitrogens with one attached hydrogen (secondary N) is 1. The first-order valence-corrected chi connectivity index (χ1v) is 9.21. The highest BCUT2D eigenvalue weighted by molar-refractivity contribution is 5.80. The van der Waals surface area contributed by atoms with Crippen LogP contribution in [-0.2, 0) is 24.4 Å². The molecule has 134 valence electrons. The van der Waals surface area contributed by atoms with Gasteiger partial charge in [0.1, 0.15) is 5.82 Å². The molecule has 2 heterocycles. The molecule has 26 heavy (non-hydrogen) atoms. The zero-order valence-corrected chi connectivity index (χ0v) is 15.0. The van der Waals surface area contributed by atoms with Crippen molar-refractivity contribution in [2.45, 2.75) is 45.4 Å². The van der Waals surface area contributed by atoms with Crippen LogP contribution < -0.4 is 5.32 Å². The van der Waals surface area contributed by atoms with E-state index in [2.05, 4.69) is 38.8 Å². The Hall–Kier alpha value is -2.65. The third-order valence-corrected chi connectivity index (χ3v) is 5.33. The Bertz CT molecular complexity index is 861. The third kappa shape index (κ3) is 3.35. The molecule has 1 aromatic heterocycles. The van der Waals surface area contributed by atoms with Crippen LogP contribution in [0.1, 0.15) is 48.5 Å². The Kier molecular flexibility index (Phi) is 4.48. The van der Waals surface area contributed by atoms with Gasteiger partial charge in [-0.25, -0.2) is 4.98 Å². The highest BCUT2D eigenvalue weighted by Crippen LogP contribution is 2.29. The quantitative estimate of drug-likeness (QED) is 0.899. The highest BCUT2D eigenvalue weighted by atomic mass is 16.2. The van der Waals surface area contributed by atoms with E-state index in [-0.39, 0.29) is 17.9 Å². The lowest BCUT2D eigenvalue weighted by molar-refractivity contribution is -0.122. The molecule has 1 aromatic carbocycles. The molecule has 1 atom stereocenters. The Morgan fingerprint density at radius 1 is 1.38 bits per heavy atom. The zero-order chi connectivity index (χ0) is 18.1. The fourth-order valence-electron chi connectivity index (χ4n) is 3.60. The van der Waals surface area contributed by atoms with E-state index in [9.17, 15) is 4.79 Å². The molecule has 6 nitrogen and oxygen atoms in total. The normalized spacial score (nSPS) is 19.6. The monoisotopic (exact) mass is 349 g/mol. The van der Waals surface area contributed by atoms with Crippen LogP contribution in [0.15, 0.2) is 30.5 Å². The number of imidazole rings is 1. The fraction of sp³-hybridized carbons (Fsp3) is 0.450. The van der Waals surface area contributed by atoms with E-state index in [0.29, 0.717) is 12.1 Å². The van der Waals surface area contributed by atoms with Crippen LogP contribution in [0.5, 0.6) is 0 Å². The molecule has 1 N–H and O–H groups in total. The number of amides is 1. The van der Waals surface area contributed by atoms with Gasteiger partial charge >= 0.3 is 0 Å². The van der Waals surface area contributed by atoms with Crippen LogP contribution >= 0.6 is 0 Å². The molecule has 0 spiro atoms. The Labute approximate surface area is 153 Å². The second-order valence-corrected chi connectivity index (χ2v) is 7.21. The van der Waals surface area contributed by atoms with Crippen LogP contribution in [0, 0.1) is 17.2 Å². The number of carbonyl (C=O) groups excluding carboxylic acids is 1. The van der Waals surface area contributed by atoms with E-state index in [1.54, 1.807) is 0 Å². The van der Waals surface area contributed by atoms with Gasteiger partial charge in [0.15, 0.2) is 0 Å². The first-order chi connectivity index (χ1) is 12.7. The van der Waals surface area contributed by atoms with Crippen molar-refractivity contribution in [2.24, 2.45) is 5.92 Å². The van der Waals surface area contributed by atoms with Gasteiger partial charge in [-0.2, -0.15) is 5.26 Å². The number of benzene rings is 1. The van der Waals surface area contributed by atoms with Crippen molar-refractivity contribution in [3.05, 3.63) is 53.1 Å². The number of rotatable bonds is 5. The molecule has 2 aromatic rings. The first kappa shape index (κ1) is 16.8. The summed E-state index contributed by atoms with van der Waals surface area (Å²) in [6.45, 7) is 5.31. The van der Waals surface area contributed by atoms with Crippen molar-refractivity contribution in [3.63, 3.8) is 0 Å². The topological polar surface area (TPSA) is 74.0 Å². The molecule has 1 aliphatic carbocycles. The van der Waals surface area contributed by atoms with E-state index in [1.807, 2.05) is 24.4 Å². The van der Waals surface area contributed by atoms with Crippen LogP contribution in [-0.4, -0.2) is 26.9 Å². The van der Waals surface area contributed by atoms with Gasteiger partial charge in [0.25, 0.3) is 0 Å². The maximum Gasteiger partial charge on any atom is 0.223 e. The number of nitrogens with zero attached hydrogens (tertiary/aromatic N) is 4. The summed E-state index contributed by atoms with van der Waals surface area (Å²) in [5.74, 6) is 1.45. The van der Waals surface area contributed by atoms with Crippen molar-refractivity contribution in [1.29, 1.82) is 5.26 Å². The zero-order valence-electron chi connectivity index (χ0n) is 15.0. The maximum atomic E-state index is 11.9. The molecule has 1 aliphatic heterocycles. The number of carbonyl (C=O) groups is 1. The number of hydrogen-bond donors (Lipinski definition) is 1. The van der Waals surface area contributed by atoms with E-state index in [1.165, 1.54) is 0 Å². The number of aromatic nitrogens is 2. The molecular formula is C20H23N5O. The lowest BCUT2D eigenvalue weighted by Crippen LogP contribution is -2.37. The summed E-state index contributed by atoms with van der Waals surface area (Å²) >= 11 is 0.